The molecule has 3 nitrogen and oxygen atoms in total. The topological polar surface area (TPSA) is 27.1 Å². The number of rotatable bonds is 4. The van der Waals surface area contributed by atoms with Crippen molar-refractivity contribution < 1.29 is 4.43 Å². The van der Waals surface area contributed by atoms with Crippen LogP contribution in [0.1, 0.15) is 31.0 Å². The normalized spacial score (nSPS) is 14.3. The lowest BCUT2D eigenvalue weighted by molar-refractivity contribution is 0.103. The average Bonchev–Trinajstić information content (AvgIpc) is 2.39. The molecule has 0 radical (unpaired) electrons. The monoisotopic (exact) mass is 226 g/mol. The van der Waals surface area contributed by atoms with Crippen LogP contribution in [0, 0.1) is 13.8 Å². The number of hydrogen-bond acceptors (Lipinski definition) is 2. The molecule has 0 N–H and O–H groups in total. The summed E-state index contributed by atoms with van der Waals surface area (Å²) in [4.78, 5) is 0. The maximum atomic E-state index is 6.11. The van der Waals surface area contributed by atoms with Crippen molar-refractivity contribution in [2.45, 2.75) is 53.1 Å². The van der Waals surface area contributed by atoms with E-state index in [1.807, 2.05) is 11.6 Å². The summed E-state index contributed by atoms with van der Waals surface area (Å²) in [7, 11) is -1.50. The van der Waals surface area contributed by atoms with Gasteiger partial charge in [0.15, 0.2) is 8.32 Å². The number of aryl methyl sites for hydroxylation is 2. The van der Waals surface area contributed by atoms with Gasteiger partial charge in [-0.2, -0.15) is 5.10 Å². The van der Waals surface area contributed by atoms with Gasteiger partial charge in [0, 0.05) is 5.69 Å². The molecule has 1 rings (SSSR count). The van der Waals surface area contributed by atoms with E-state index in [1.165, 1.54) is 5.69 Å². The number of aromatic nitrogens is 2. The van der Waals surface area contributed by atoms with Crippen molar-refractivity contribution in [3.63, 3.8) is 0 Å². The van der Waals surface area contributed by atoms with Crippen LogP contribution in [0.5, 0.6) is 0 Å². The minimum atomic E-state index is -1.50. The molecule has 0 saturated heterocycles. The third-order valence-electron chi connectivity index (χ3n) is 2.16. The van der Waals surface area contributed by atoms with Crippen molar-refractivity contribution in [2.75, 3.05) is 0 Å². The quantitative estimate of drug-likeness (QED) is 0.737. The molecule has 0 fully saturated rings. The van der Waals surface area contributed by atoms with Crippen LogP contribution in [0.25, 0.3) is 0 Å². The molecule has 0 bridgehead atoms. The third kappa shape index (κ3) is 3.46. The van der Waals surface area contributed by atoms with Crippen LogP contribution in [-0.2, 0) is 4.43 Å². The lowest BCUT2D eigenvalue weighted by Crippen LogP contribution is -2.31. The maximum absolute atomic E-state index is 6.11. The van der Waals surface area contributed by atoms with Crippen molar-refractivity contribution in [2.24, 2.45) is 0 Å². The van der Waals surface area contributed by atoms with E-state index in [4.69, 9.17) is 4.43 Å². The summed E-state index contributed by atoms with van der Waals surface area (Å²) in [5.41, 5.74) is 2.24. The van der Waals surface area contributed by atoms with E-state index in [9.17, 15) is 0 Å². The maximum Gasteiger partial charge on any atom is 0.186 e. The fourth-order valence-electron chi connectivity index (χ4n) is 1.65. The molecule has 1 heterocycles. The van der Waals surface area contributed by atoms with Crippen LogP contribution in [0.3, 0.4) is 0 Å². The van der Waals surface area contributed by atoms with Crippen LogP contribution in [0.4, 0.5) is 0 Å². The zero-order chi connectivity index (χ0) is 11.6. The van der Waals surface area contributed by atoms with Gasteiger partial charge in [-0.15, -0.1) is 0 Å². The van der Waals surface area contributed by atoms with Gasteiger partial charge in [-0.1, -0.05) is 6.92 Å². The lowest BCUT2D eigenvalue weighted by atomic mass is 10.4. The van der Waals surface area contributed by atoms with Gasteiger partial charge >= 0.3 is 0 Å². The first-order valence-electron chi connectivity index (χ1n) is 5.54. The van der Waals surface area contributed by atoms with Crippen molar-refractivity contribution in [1.29, 1.82) is 0 Å². The molecule has 0 aromatic carbocycles. The van der Waals surface area contributed by atoms with Gasteiger partial charge in [-0.3, -0.25) is 0 Å². The molecule has 15 heavy (non-hydrogen) atoms. The Hall–Kier alpha value is -0.613. The summed E-state index contributed by atoms with van der Waals surface area (Å²) in [5.74, 6) is 0. The van der Waals surface area contributed by atoms with Crippen LogP contribution < -0.4 is 0 Å². The summed E-state index contributed by atoms with van der Waals surface area (Å²) < 4.78 is 8.11. The molecule has 0 spiro atoms. The Morgan fingerprint density at radius 3 is 2.33 bits per heavy atom. The summed E-state index contributed by atoms with van der Waals surface area (Å²) >= 11 is 0. The molecule has 1 atom stereocenters. The zero-order valence-corrected chi connectivity index (χ0v) is 11.7. The molecular formula is C11H22N2OSi. The summed E-state index contributed by atoms with van der Waals surface area (Å²) in [6, 6.07) is 2.09. The van der Waals surface area contributed by atoms with Gasteiger partial charge in [-0.25, -0.2) is 4.68 Å². The van der Waals surface area contributed by atoms with Crippen LogP contribution >= 0.6 is 0 Å². The summed E-state index contributed by atoms with van der Waals surface area (Å²) in [6.45, 7) is 12.9. The third-order valence-corrected chi connectivity index (χ3v) is 3.14. The van der Waals surface area contributed by atoms with E-state index in [1.54, 1.807) is 0 Å². The van der Waals surface area contributed by atoms with E-state index in [-0.39, 0.29) is 6.23 Å². The van der Waals surface area contributed by atoms with Gasteiger partial charge in [0.25, 0.3) is 0 Å². The highest BCUT2D eigenvalue weighted by atomic mass is 28.4. The summed E-state index contributed by atoms with van der Waals surface area (Å²) in [6.07, 6.45) is 1.07. The van der Waals surface area contributed by atoms with E-state index in [0.717, 1.165) is 12.1 Å². The highest BCUT2D eigenvalue weighted by Crippen LogP contribution is 2.20. The highest BCUT2D eigenvalue weighted by Gasteiger charge is 2.22. The van der Waals surface area contributed by atoms with Gasteiger partial charge in [0.05, 0.1) is 5.69 Å². The standard InChI is InChI=1S/C11H22N2OSi/c1-7-11(14-15(4,5)6)13-10(3)8-9(2)12-13/h8,11H,7H2,1-6H3. The molecule has 1 aromatic rings. The Bertz CT molecular complexity index is 328. The summed E-state index contributed by atoms with van der Waals surface area (Å²) in [5, 5.41) is 4.48. The molecule has 1 aromatic heterocycles. The molecule has 86 valence electrons. The molecule has 0 saturated carbocycles. The van der Waals surface area contributed by atoms with Crippen molar-refractivity contribution >= 4 is 8.32 Å². The highest BCUT2D eigenvalue weighted by molar-refractivity contribution is 6.69. The fraction of sp³-hybridized carbons (Fsp3) is 0.727. The number of nitrogens with zero attached hydrogens (tertiary/aromatic N) is 2. The van der Waals surface area contributed by atoms with Crippen LogP contribution in [0.2, 0.25) is 19.6 Å². The second-order valence-electron chi connectivity index (χ2n) is 4.96. The Balaban J connectivity index is 2.88. The first-order valence-corrected chi connectivity index (χ1v) is 8.95. The number of hydrogen-bond donors (Lipinski definition) is 0. The predicted molar refractivity (Wildman–Crippen MR) is 65.5 cm³/mol. The van der Waals surface area contributed by atoms with Crippen molar-refractivity contribution in [1.82, 2.24) is 9.78 Å². The molecular weight excluding hydrogens is 204 g/mol. The first-order chi connectivity index (χ1) is 6.83. The van der Waals surface area contributed by atoms with E-state index in [0.29, 0.717) is 0 Å². The van der Waals surface area contributed by atoms with Crippen molar-refractivity contribution in [3.05, 3.63) is 17.5 Å². The van der Waals surface area contributed by atoms with Crippen molar-refractivity contribution in [3.8, 4) is 0 Å². The predicted octanol–water partition coefficient (Wildman–Crippen LogP) is 3.26. The van der Waals surface area contributed by atoms with Gasteiger partial charge in [0.2, 0.25) is 0 Å². The first kappa shape index (κ1) is 12.5. The van der Waals surface area contributed by atoms with E-state index < -0.39 is 8.32 Å². The van der Waals surface area contributed by atoms with Gasteiger partial charge < -0.3 is 4.43 Å². The second kappa shape index (κ2) is 4.49. The minimum Gasteiger partial charge on any atom is -0.396 e. The molecule has 0 aliphatic carbocycles. The lowest BCUT2D eigenvalue weighted by Gasteiger charge is -2.26. The largest absolute Gasteiger partial charge is 0.396 e. The Morgan fingerprint density at radius 1 is 1.40 bits per heavy atom. The molecule has 0 aliphatic rings. The fourth-order valence-corrected chi connectivity index (χ4v) is 2.73. The average molecular weight is 226 g/mol. The van der Waals surface area contributed by atoms with E-state index >= 15 is 0 Å². The SMILES string of the molecule is CCC(O[Si](C)(C)C)n1nc(C)cc1C. The molecule has 1 unspecified atom stereocenters. The van der Waals surface area contributed by atoms with Gasteiger partial charge in [-0.05, 0) is 46.0 Å². The zero-order valence-electron chi connectivity index (χ0n) is 10.7. The Morgan fingerprint density at radius 2 is 2.00 bits per heavy atom. The smallest absolute Gasteiger partial charge is 0.186 e. The Kier molecular flexibility index (Phi) is 3.73. The van der Waals surface area contributed by atoms with Gasteiger partial charge in [0.1, 0.15) is 6.23 Å². The van der Waals surface area contributed by atoms with Crippen LogP contribution in [0.15, 0.2) is 6.07 Å². The second-order valence-corrected chi connectivity index (χ2v) is 9.43. The molecule has 4 heteroatoms. The van der Waals surface area contributed by atoms with Crippen LogP contribution in [-0.4, -0.2) is 18.1 Å². The molecule has 0 aliphatic heterocycles. The minimum absolute atomic E-state index is 0.102. The van der Waals surface area contributed by atoms with E-state index in [2.05, 4.69) is 44.7 Å². The molecule has 0 amide bonds. The Labute approximate surface area is 93.6 Å².